The molecule has 3 nitrogen and oxygen atoms in total. The zero-order valence-electron chi connectivity index (χ0n) is 8.96. The third-order valence-corrected chi connectivity index (χ3v) is 2.97. The van der Waals surface area contributed by atoms with Gasteiger partial charge in [0.15, 0.2) is 0 Å². The van der Waals surface area contributed by atoms with Gasteiger partial charge in [-0.05, 0) is 25.0 Å². The molecule has 1 aliphatic carbocycles. The fourth-order valence-electron chi connectivity index (χ4n) is 1.67. The molecule has 0 radical (unpaired) electrons. The van der Waals surface area contributed by atoms with E-state index in [1.807, 2.05) is 18.3 Å². The van der Waals surface area contributed by atoms with Crippen molar-refractivity contribution in [1.82, 2.24) is 9.97 Å². The molecule has 1 saturated carbocycles. The average Bonchev–Trinajstić information content (AvgIpc) is 2.84. The highest BCUT2D eigenvalue weighted by molar-refractivity contribution is 5.76. The van der Waals surface area contributed by atoms with Crippen molar-refractivity contribution in [3.63, 3.8) is 0 Å². The minimum Gasteiger partial charge on any atom is -0.346 e. The van der Waals surface area contributed by atoms with Crippen LogP contribution in [-0.2, 0) is 0 Å². The molecule has 0 aliphatic heterocycles. The topological polar surface area (TPSA) is 54.7 Å². The Hall–Kier alpha value is -1.79. The van der Waals surface area contributed by atoms with E-state index in [1.165, 1.54) is 0 Å². The zero-order chi connectivity index (χ0) is 11.0. The molecule has 3 N–H and O–H groups in total. The van der Waals surface area contributed by atoms with Crippen molar-refractivity contribution in [2.75, 3.05) is 0 Å². The fraction of sp³-hybridized carbons (Fsp3) is 0.308. The number of pyridine rings is 1. The number of H-pyrrole nitrogens is 1. The summed E-state index contributed by atoms with van der Waals surface area (Å²) in [5.74, 6) is 6.25. The fourth-order valence-corrected chi connectivity index (χ4v) is 1.67. The Balaban J connectivity index is 1.82. The molecule has 2 aromatic heterocycles. The van der Waals surface area contributed by atoms with Gasteiger partial charge in [0.05, 0.1) is 0 Å². The SMILES string of the molecule is NC1(CC#Cc2cnc3[nH]ccc3c2)CC1. The molecule has 3 rings (SSSR count). The number of fused-ring (bicyclic) bond motifs is 1. The highest BCUT2D eigenvalue weighted by atomic mass is 14.8. The predicted molar refractivity (Wildman–Crippen MR) is 63.7 cm³/mol. The van der Waals surface area contributed by atoms with Crippen LogP contribution in [0.2, 0.25) is 0 Å². The van der Waals surface area contributed by atoms with Crippen LogP contribution in [0.3, 0.4) is 0 Å². The molecule has 0 saturated heterocycles. The van der Waals surface area contributed by atoms with E-state index in [0.717, 1.165) is 35.9 Å². The molecule has 0 spiro atoms. The first-order chi connectivity index (χ1) is 7.75. The third-order valence-electron chi connectivity index (χ3n) is 2.97. The van der Waals surface area contributed by atoms with Gasteiger partial charge in [-0.15, -0.1) is 0 Å². The molecule has 2 aromatic rings. The third kappa shape index (κ3) is 1.80. The largest absolute Gasteiger partial charge is 0.346 e. The second kappa shape index (κ2) is 3.36. The molecule has 3 heteroatoms. The molecule has 0 amide bonds. The number of aromatic nitrogens is 2. The molecule has 16 heavy (non-hydrogen) atoms. The van der Waals surface area contributed by atoms with Crippen molar-refractivity contribution in [3.8, 4) is 11.8 Å². The average molecular weight is 211 g/mol. The Labute approximate surface area is 94.1 Å². The van der Waals surface area contributed by atoms with E-state index in [4.69, 9.17) is 5.73 Å². The lowest BCUT2D eigenvalue weighted by molar-refractivity contribution is 0.701. The lowest BCUT2D eigenvalue weighted by atomic mass is 10.2. The summed E-state index contributed by atoms with van der Waals surface area (Å²) in [4.78, 5) is 7.34. The Morgan fingerprint density at radius 1 is 1.50 bits per heavy atom. The van der Waals surface area contributed by atoms with E-state index in [9.17, 15) is 0 Å². The standard InChI is InChI=1S/C13H13N3/c14-13(5-6-13)4-1-2-10-8-11-3-7-15-12(11)16-9-10/h3,7-9H,4-6,14H2,(H,15,16). The molecule has 80 valence electrons. The van der Waals surface area contributed by atoms with E-state index in [2.05, 4.69) is 21.8 Å². The van der Waals surface area contributed by atoms with Gasteiger partial charge in [-0.1, -0.05) is 11.8 Å². The van der Waals surface area contributed by atoms with Crippen molar-refractivity contribution in [1.29, 1.82) is 0 Å². The van der Waals surface area contributed by atoms with Crippen molar-refractivity contribution in [2.45, 2.75) is 24.8 Å². The summed E-state index contributed by atoms with van der Waals surface area (Å²) in [6, 6.07) is 4.04. The summed E-state index contributed by atoms with van der Waals surface area (Å²) in [7, 11) is 0. The van der Waals surface area contributed by atoms with Crippen LogP contribution in [0, 0.1) is 11.8 Å². The highest BCUT2D eigenvalue weighted by Crippen LogP contribution is 2.34. The Kier molecular flexibility index (Phi) is 1.98. The second-order valence-electron chi connectivity index (χ2n) is 4.48. The van der Waals surface area contributed by atoms with Gasteiger partial charge in [-0.25, -0.2) is 4.98 Å². The lowest BCUT2D eigenvalue weighted by Crippen LogP contribution is -2.20. The van der Waals surface area contributed by atoms with Gasteiger partial charge in [0.2, 0.25) is 0 Å². The van der Waals surface area contributed by atoms with Crippen molar-refractivity contribution >= 4 is 11.0 Å². The predicted octanol–water partition coefficient (Wildman–Crippen LogP) is 1.80. The molecule has 0 unspecified atom stereocenters. The number of hydrogen-bond donors (Lipinski definition) is 2. The molecule has 0 aromatic carbocycles. The lowest BCUT2D eigenvalue weighted by Gasteiger charge is -1.99. The number of nitrogens with zero attached hydrogens (tertiary/aromatic N) is 1. The zero-order valence-corrected chi connectivity index (χ0v) is 8.96. The van der Waals surface area contributed by atoms with Crippen molar-refractivity contribution in [3.05, 3.63) is 30.1 Å². The van der Waals surface area contributed by atoms with Crippen LogP contribution < -0.4 is 5.73 Å². The molecule has 0 atom stereocenters. The van der Waals surface area contributed by atoms with Gasteiger partial charge in [0.1, 0.15) is 5.65 Å². The molecule has 2 heterocycles. The van der Waals surface area contributed by atoms with Crippen LogP contribution >= 0.6 is 0 Å². The summed E-state index contributed by atoms with van der Waals surface area (Å²) in [5.41, 5.74) is 7.83. The summed E-state index contributed by atoms with van der Waals surface area (Å²) < 4.78 is 0. The van der Waals surface area contributed by atoms with Crippen molar-refractivity contribution < 1.29 is 0 Å². The maximum absolute atomic E-state index is 5.96. The van der Waals surface area contributed by atoms with Gasteiger partial charge in [-0.3, -0.25) is 0 Å². The Morgan fingerprint density at radius 3 is 3.19 bits per heavy atom. The maximum Gasteiger partial charge on any atom is 0.137 e. The first-order valence-corrected chi connectivity index (χ1v) is 5.46. The molecular weight excluding hydrogens is 198 g/mol. The number of rotatable bonds is 1. The summed E-state index contributed by atoms with van der Waals surface area (Å²) in [6.07, 6.45) is 6.68. The van der Waals surface area contributed by atoms with Crippen LogP contribution in [0.25, 0.3) is 11.0 Å². The first-order valence-electron chi connectivity index (χ1n) is 5.46. The number of hydrogen-bond acceptors (Lipinski definition) is 2. The van der Waals surface area contributed by atoms with Crippen LogP contribution in [0.5, 0.6) is 0 Å². The van der Waals surface area contributed by atoms with Crippen molar-refractivity contribution in [2.24, 2.45) is 5.73 Å². The van der Waals surface area contributed by atoms with E-state index >= 15 is 0 Å². The highest BCUT2D eigenvalue weighted by Gasteiger charge is 2.36. The number of aromatic amines is 1. The summed E-state index contributed by atoms with van der Waals surface area (Å²) >= 11 is 0. The second-order valence-corrected chi connectivity index (χ2v) is 4.48. The van der Waals surface area contributed by atoms with Gasteiger partial charge in [0.25, 0.3) is 0 Å². The Morgan fingerprint density at radius 2 is 2.38 bits per heavy atom. The number of nitrogens with two attached hydrogens (primary N) is 1. The normalized spacial score (nSPS) is 16.8. The van der Waals surface area contributed by atoms with E-state index in [1.54, 1.807) is 6.20 Å². The Bertz CT molecular complexity index is 582. The maximum atomic E-state index is 5.96. The minimum atomic E-state index is 0.0125. The van der Waals surface area contributed by atoms with Gasteiger partial charge < -0.3 is 10.7 Å². The molecule has 0 bridgehead atoms. The quantitative estimate of drug-likeness (QED) is 0.707. The molecule has 1 aliphatic rings. The minimum absolute atomic E-state index is 0.0125. The smallest absolute Gasteiger partial charge is 0.137 e. The summed E-state index contributed by atoms with van der Waals surface area (Å²) in [6.45, 7) is 0. The van der Waals surface area contributed by atoms with E-state index < -0.39 is 0 Å². The van der Waals surface area contributed by atoms with E-state index in [-0.39, 0.29) is 5.54 Å². The van der Waals surface area contributed by atoms with Crippen LogP contribution in [-0.4, -0.2) is 15.5 Å². The van der Waals surface area contributed by atoms with Crippen LogP contribution in [0.15, 0.2) is 24.5 Å². The number of nitrogens with one attached hydrogen (secondary N) is 1. The molecule has 1 fully saturated rings. The van der Waals surface area contributed by atoms with Gasteiger partial charge in [0, 0.05) is 35.3 Å². The van der Waals surface area contributed by atoms with Gasteiger partial charge in [-0.2, -0.15) is 0 Å². The van der Waals surface area contributed by atoms with Crippen LogP contribution in [0.4, 0.5) is 0 Å². The summed E-state index contributed by atoms with van der Waals surface area (Å²) in [5, 5.41) is 1.10. The van der Waals surface area contributed by atoms with Crippen LogP contribution in [0.1, 0.15) is 24.8 Å². The van der Waals surface area contributed by atoms with E-state index in [0.29, 0.717) is 0 Å². The van der Waals surface area contributed by atoms with Gasteiger partial charge >= 0.3 is 0 Å². The molecular formula is C13H13N3. The first kappa shape index (κ1) is 9.44. The monoisotopic (exact) mass is 211 g/mol.